The summed E-state index contributed by atoms with van der Waals surface area (Å²) >= 11 is 0. The smallest absolute Gasteiger partial charge is 0.393 e. The van der Waals surface area contributed by atoms with E-state index in [1.165, 1.54) is 36.2 Å². The van der Waals surface area contributed by atoms with E-state index in [4.69, 9.17) is 9.73 Å². The molecular formula is C32H36F3NO3. The molecule has 2 aliphatic carbocycles. The highest BCUT2D eigenvalue weighted by molar-refractivity contribution is 6.15. The number of ether oxygens (including phenoxy) is 1. The van der Waals surface area contributed by atoms with Gasteiger partial charge in [-0.15, -0.1) is 0 Å². The van der Waals surface area contributed by atoms with Crippen LogP contribution in [0.15, 0.2) is 70.9 Å². The topological polar surface area (TPSA) is 55.7 Å². The number of esters is 1. The molecular weight excluding hydrogens is 503 g/mol. The maximum Gasteiger partial charge on any atom is 0.393 e. The van der Waals surface area contributed by atoms with Gasteiger partial charge in [0.15, 0.2) is 5.78 Å². The van der Waals surface area contributed by atoms with Gasteiger partial charge in [0.1, 0.15) is 5.75 Å². The largest absolute Gasteiger partial charge is 0.426 e. The third-order valence-electron chi connectivity index (χ3n) is 7.95. The van der Waals surface area contributed by atoms with Crippen LogP contribution >= 0.6 is 0 Å². The van der Waals surface area contributed by atoms with Gasteiger partial charge in [0, 0.05) is 29.3 Å². The first-order valence-electron chi connectivity index (χ1n) is 13.9. The number of benzene rings is 2. The Morgan fingerprint density at radius 2 is 1.69 bits per heavy atom. The summed E-state index contributed by atoms with van der Waals surface area (Å²) in [6.45, 7) is 5.92. The molecule has 0 spiro atoms. The monoisotopic (exact) mass is 539 g/mol. The van der Waals surface area contributed by atoms with Crippen molar-refractivity contribution < 1.29 is 27.5 Å². The normalized spacial score (nSPS) is 22.1. The van der Waals surface area contributed by atoms with E-state index in [1.54, 1.807) is 0 Å². The highest BCUT2D eigenvalue weighted by atomic mass is 19.4. The summed E-state index contributed by atoms with van der Waals surface area (Å²) in [4.78, 5) is 31.5. The van der Waals surface area contributed by atoms with Gasteiger partial charge in [0.2, 0.25) is 0 Å². The van der Waals surface area contributed by atoms with Gasteiger partial charge in [0.25, 0.3) is 0 Å². The lowest BCUT2D eigenvalue weighted by molar-refractivity contribution is -0.139. The molecule has 3 atom stereocenters. The molecule has 1 heterocycles. The van der Waals surface area contributed by atoms with Gasteiger partial charge in [0.05, 0.1) is 18.3 Å². The third-order valence-corrected chi connectivity index (χ3v) is 7.95. The second-order valence-corrected chi connectivity index (χ2v) is 10.4. The molecule has 39 heavy (non-hydrogen) atoms. The first-order valence-corrected chi connectivity index (χ1v) is 13.9. The number of alkyl halides is 3. The van der Waals surface area contributed by atoms with Crippen molar-refractivity contribution in [2.45, 2.75) is 77.8 Å². The molecule has 3 aliphatic rings. The molecule has 3 unspecified atom stereocenters. The van der Waals surface area contributed by atoms with Gasteiger partial charge >= 0.3 is 12.1 Å². The summed E-state index contributed by atoms with van der Waals surface area (Å²) < 4.78 is 43.2. The van der Waals surface area contributed by atoms with Gasteiger partial charge in [-0.05, 0) is 61.8 Å². The summed E-state index contributed by atoms with van der Waals surface area (Å²) in [6.07, 6.45) is -0.613. The minimum absolute atomic E-state index is 0.107. The van der Waals surface area contributed by atoms with Crippen molar-refractivity contribution in [2.75, 3.05) is 0 Å². The number of hydrogen-bond donors (Lipinski definition) is 0. The molecule has 0 aromatic heterocycles. The maximum absolute atomic E-state index is 13.8. The van der Waals surface area contributed by atoms with Crippen molar-refractivity contribution in [1.29, 1.82) is 0 Å². The van der Waals surface area contributed by atoms with E-state index >= 15 is 0 Å². The van der Waals surface area contributed by atoms with Crippen molar-refractivity contribution >= 4 is 17.5 Å². The average Bonchev–Trinajstić information content (AvgIpc) is 2.88. The Morgan fingerprint density at radius 3 is 2.28 bits per heavy atom. The van der Waals surface area contributed by atoms with Crippen molar-refractivity contribution in [3.8, 4) is 5.75 Å². The van der Waals surface area contributed by atoms with Crippen LogP contribution < -0.4 is 4.74 Å². The molecule has 0 radical (unpaired) electrons. The number of Topliss-reactive ketones (excluding diaryl/α,β-unsaturated/α-hetero) is 1. The first-order chi connectivity index (χ1) is 18.7. The quantitative estimate of drug-likeness (QED) is 0.276. The van der Waals surface area contributed by atoms with Crippen LogP contribution in [0.1, 0.15) is 76.3 Å². The van der Waals surface area contributed by atoms with Crippen molar-refractivity contribution in [3.05, 3.63) is 77.0 Å². The number of nitrogens with zero attached hydrogens (tertiary/aromatic N) is 1. The van der Waals surface area contributed by atoms with Gasteiger partial charge in [-0.25, -0.2) is 0 Å². The molecule has 208 valence electrons. The predicted octanol–water partition coefficient (Wildman–Crippen LogP) is 8.02. The highest BCUT2D eigenvalue weighted by Crippen LogP contribution is 2.47. The van der Waals surface area contributed by atoms with Crippen LogP contribution in [0.25, 0.3) is 0 Å². The SMILES string of the molecule is CC.CC1=NC2=C(CCC(C(=O)Oc3ccc(CC(F)(F)F)cc3)C2)C(=O)C1C(c1ccccc1)C1CCC1. The van der Waals surface area contributed by atoms with E-state index in [9.17, 15) is 22.8 Å². The third kappa shape index (κ3) is 6.68. The van der Waals surface area contributed by atoms with Crippen LogP contribution in [-0.2, 0) is 16.0 Å². The minimum Gasteiger partial charge on any atom is -0.426 e. The van der Waals surface area contributed by atoms with Crippen LogP contribution in [0.4, 0.5) is 13.2 Å². The Balaban J connectivity index is 0.00000172. The van der Waals surface area contributed by atoms with E-state index in [1.807, 2.05) is 39.0 Å². The van der Waals surface area contributed by atoms with E-state index in [-0.39, 0.29) is 28.9 Å². The van der Waals surface area contributed by atoms with Crippen LogP contribution in [-0.4, -0.2) is 23.6 Å². The van der Waals surface area contributed by atoms with Crippen molar-refractivity contribution in [2.24, 2.45) is 22.7 Å². The first kappa shape index (κ1) is 28.8. The van der Waals surface area contributed by atoms with Crippen LogP contribution in [0.5, 0.6) is 5.75 Å². The lowest BCUT2D eigenvalue weighted by Crippen LogP contribution is -2.39. The zero-order chi connectivity index (χ0) is 28.2. The Morgan fingerprint density at radius 1 is 1.03 bits per heavy atom. The summed E-state index contributed by atoms with van der Waals surface area (Å²) in [5.41, 5.74) is 3.50. The van der Waals surface area contributed by atoms with E-state index < -0.39 is 24.5 Å². The summed E-state index contributed by atoms with van der Waals surface area (Å²) in [7, 11) is 0. The molecule has 5 rings (SSSR count). The number of carbonyl (C=O) groups excluding carboxylic acids is 2. The zero-order valence-electron chi connectivity index (χ0n) is 22.8. The molecule has 2 aromatic rings. The molecule has 1 fully saturated rings. The van der Waals surface area contributed by atoms with E-state index in [0.29, 0.717) is 30.9 Å². The standard InChI is InChI=1S/C30H30F3NO3.C2H6/c1-18-26(27(21-8-5-9-21)20-6-3-2-4-7-20)28(35)24-15-12-22(16-25(24)34-18)29(36)37-23-13-10-19(11-14-23)17-30(31,32)33;1-2/h2-4,6-7,10-11,13-14,21-22,26-27H,5,8-9,12,15-17H2,1H3;1-2H3. The summed E-state index contributed by atoms with van der Waals surface area (Å²) in [6, 6.07) is 15.6. The summed E-state index contributed by atoms with van der Waals surface area (Å²) in [5.74, 6) is -0.247. The Hall–Kier alpha value is -3.22. The fourth-order valence-electron chi connectivity index (χ4n) is 5.90. The molecule has 1 aliphatic heterocycles. The van der Waals surface area contributed by atoms with E-state index in [0.717, 1.165) is 24.1 Å². The molecule has 7 heteroatoms. The van der Waals surface area contributed by atoms with E-state index in [2.05, 4.69) is 12.1 Å². The van der Waals surface area contributed by atoms with Crippen LogP contribution in [0, 0.1) is 17.8 Å². The number of rotatable bonds is 6. The number of aliphatic imine (C=N–C) groups is 1. The van der Waals surface area contributed by atoms with Crippen LogP contribution in [0.2, 0.25) is 0 Å². The van der Waals surface area contributed by atoms with Gasteiger partial charge in [-0.2, -0.15) is 13.2 Å². The number of allylic oxidation sites excluding steroid dienone is 2. The molecule has 0 N–H and O–H groups in total. The van der Waals surface area contributed by atoms with Gasteiger partial charge in [-0.1, -0.05) is 62.7 Å². The van der Waals surface area contributed by atoms with Crippen LogP contribution in [0.3, 0.4) is 0 Å². The highest BCUT2D eigenvalue weighted by Gasteiger charge is 2.44. The number of carbonyl (C=O) groups is 2. The Bertz CT molecular complexity index is 1230. The Kier molecular flexibility index (Phi) is 9.08. The molecule has 0 bridgehead atoms. The average molecular weight is 540 g/mol. The maximum atomic E-state index is 13.8. The summed E-state index contributed by atoms with van der Waals surface area (Å²) in [5, 5.41) is 0. The lowest BCUT2D eigenvalue weighted by Gasteiger charge is -2.41. The van der Waals surface area contributed by atoms with Crippen molar-refractivity contribution in [3.63, 3.8) is 0 Å². The molecule has 1 saturated carbocycles. The minimum atomic E-state index is -4.29. The number of halogens is 3. The molecule has 0 saturated heterocycles. The predicted molar refractivity (Wildman–Crippen MR) is 146 cm³/mol. The molecule has 4 nitrogen and oxygen atoms in total. The molecule has 2 aromatic carbocycles. The lowest BCUT2D eigenvalue weighted by atomic mass is 9.63. The number of ketones is 1. The van der Waals surface area contributed by atoms with Crippen molar-refractivity contribution in [1.82, 2.24) is 0 Å². The fraction of sp³-hybridized carbons (Fsp3) is 0.469. The van der Waals surface area contributed by atoms with Gasteiger partial charge < -0.3 is 4.74 Å². The second-order valence-electron chi connectivity index (χ2n) is 10.4. The number of hydrogen-bond acceptors (Lipinski definition) is 4. The second kappa shape index (κ2) is 12.3. The fourth-order valence-corrected chi connectivity index (χ4v) is 5.90. The van der Waals surface area contributed by atoms with Gasteiger partial charge in [-0.3, -0.25) is 14.6 Å². The zero-order valence-corrected chi connectivity index (χ0v) is 22.8. The Labute approximate surface area is 228 Å². The molecule has 0 amide bonds.